The molecule has 0 bridgehead atoms. The van der Waals surface area contributed by atoms with E-state index in [4.69, 9.17) is 4.74 Å². The zero-order valence-electron chi connectivity index (χ0n) is 12.5. The van der Waals surface area contributed by atoms with E-state index in [9.17, 15) is 4.79 Å². The van der Waals surface area contributed by atoms with Crippen LogP contribution in [-0.4, -0.2) is 42.6 Å². The smallest absolute Gasteiger partial charge is 0.234 e. The van der Waals surface area contributed by atoms with Crippen molar-refractivity contribution >= 4 is 5.91 Å². The molecule has 1 fully saturated rings. The van der Waals surface area contributed by atoms with Crippen molar-refractivity contribution < 1.29 is 9.53 Å². The van der Waals surface area contributed by atoms with Gasteiger partial charge in [0.05, 0.1) is 24.8 Å². The predicted molar refractivity (Wildman–Crippen MR) is 79.4 cm³/mol. The summed E-state index contributed by atoms with van der Waals surface area (Å²) < 4.78 is 5.67. The van der Waals surface area contributed by atoms with Crippen molar-refractivity contribution in [2.45, 2.75) is 39.0 Å². The Morgan fingerprint density at radius 3 is 2.50 bits per heavy atom. The van der Waals surface area contributed by atoms with E-state index < -0.39 is 0 Å². The number of nitrogens with one attached hydrogen (secondary N) is 1. The van der Waals surface area contributed by atoms with Crippen LogP contribution in [0.25, 0.3) is 0 Å². The Labute approximate surface area is 121 Å². The molecule has 110 valence electrons. The molecule has 1 aliphatic heterocycles. The minimum atomic E-state index is 0.0413. The molecule has 4 nitrogen and oxygen atoms in total. The summed E-state index contributed by atoms with van der Waals surface area (Å²) >= 11 is 0. The Bertz CT molecular complexity index is 425. The highest BCUT2D eigenvalue weighted by Gasteiger charge is 2.24. The summed E-state index contributed by atoms with van der Waals surface area (Å²) in [6.07, 6.45) is 0.385. The maximum atomic E-state index is 12.1. The third-order valence-electron chi connectivity index (χ3n) is 3.54. The number of carbonyl (C=O) groups is 1. The zero-order chi connectivity index (χ0) is 14.5. The molecule has 1 saturated heterocycles. The normalized spacial score (nSPS) is 25.1. The van der Waals surface area contributed by atoms with E-state index in [1.54, 1.807) is 0 Å². The first-order valence-electron chi connectivity index (χ1n) is 7.26. The molecular weight excluding hydrogens is 252 g/mol. The number of ether oxygens (including phenoxy) is 1. The first kappa shape index (κ1) is 15.0. The maximum absolute atomic E-state index is 12.1. The summed E-state index contributed by atoms with van der Waals surface area (Å²) in [5, 5.41) is 3.05. The van der Waals surface area contributed by atoms with Gasteiger partial charge < -0.3 is 10.1 Å². The molecule has 0 radical (unpaired) electrons. The third kappa shape index (κ3) is 4.32. The number of morpholine rings is 1. The average molecular weight is 276 g/mol. The number of amides is 1. The standard InChI is InChI=1S/C16H24N2O2/c1-12-9-18(10-13(2)20-12)11-16(19)17-14(3)15-7-5-4-6-8-15/h4-8,12-14H,9-11H2,1-3H3,(H,17,19)/t12-,13-,14-/m1/s1. The van der Waals surface area contributed by atoms with E-state index >= 15 is 0 Å². The first-order chi connectivity index (χ1) is 9.54. The molecule has 1 aromatic carbocycles. The molecule has 1 heterocycles. The van der Waals surface area contributed by atoms with Gasteiger partial charge in [0.25, 0.3) is 0 Å². The number of carbonyl (C=O) groups excluding carboxylic acids is 1. The summed E-state index contributed by atoms with van der Waals surface area (Å²) in [6, 6.07) is 10.1. The number of benzene rings is 1. The van der Waals surface area contributed by atoms with Crippen molar-refractivity contribution in [2.75, 3.05) is 19.6 Å². The monoisotopic (exact) mass is 276 g/mol. The lowest BCUT2D eigenvalue weighted by atomic mass is 10.1. The van der Waals surface area contributed by atoms with Gasteiger partial charge in [0.2, 0.25) is 5.91 Å². The summed E-state index contributed by atoms with van der Waals surface area (Å²) in [5.74, 6) is 0.0719. The molecular formula is C16H24N2O2. The molecule has 20 heavy (non-hydrogen) atoms. The zero-order valence-corrected chi connectivity index (χ0v) is 12.5. The Hall–Kier alpha value is -1.39. The lowest BCUT2D eigenvalue weighted by molar-refractivity contribution is -0.126. The van der Waals surface area contributed by atoms with E-state index in [2.05, 4.69) is 10.2 Å². The number of rotatable bonds is 4. The second-order valence-electron chi connectivity index (χ2n) is 5.65. The minimum absolute atomic E-state index is 0.0413. The SMILES string of the molecule is C[C@@H]1CN(CC(=O)N[C@H](C)c2ccccc2)C[C@@H](C)O1. The molecule has 0 aromatic heterocycles. The number of hydrogen-bond acceptors (Lipinski definition) is 3. The van der Waals surface area contributed by atoms with E-state index in [0.717, 1.165) is 18.7 Å². The van der Waals surface area contributed by atoms with Crippen molar-refractivity contribution in [1.29, 1.82) is 0 Å². The van der Waals surface area contributed by atoms with Gasteiger partial charge in [-0.15, -0.1) is 0 Å². The van der Waals surface area contributed by atoms with Gasteiger partial charge in [0.15, 0.2) is 0 Å². The van der Waals surface area contributed by atoms with Crippen molar-refractivity contribution in [3.8, 4) is 0 Å². The topological polar surface area (TPSA) is 41.6 Å². The van der Waals surface area contributed by atoms with Crippen LogP contribution in [0, 0.1) is 0 Å². The maximum Gasteiger partial charge on any atom is 0.234 e. The highest BCUT2D eigenvalue weighted by Crippen LogP contribution is 2.12. The van der Waals surface area contributed by atoms with Crippen LogP contribution in [0.2, 0.25) is 0 Å². The van der Waals surface area contributed by atoms with Crippen molar-refractivity contribution in [1.82, 2.24) is 10.2 Å². The van der Waals surface area contributed by atoms with Crippen molar-refractivity contribution in [3.63, 3.8) is 0 Å². The van der Waals surface area contributed by atoms with Gasteiger partial charge in [-0.2, -0.15) is 0 Å². The fourth-order valence-electron chi connectivity index (χ4n) is 2.73. The van der Waals surface area contributed by atoms with E-state index in [1.165, 1.54) is 0 Å². The van der Waals surface area contributed by atoms with Gasteiger partial charge >= 0.3 is 0 Å². The second kappa shape index (κ2) is 6.86. The van der Waals surface area contributed by atoms with Crippen molar-refractivity contribution in [3.05, 3.63) is 35.9 Å². The second-order valence-corrected chi connectivity index (χ2v) is 5.65. The van der Waals surface area contributed by atoms with Crippen molar-refractivity contribution in [2.24, 2.45) is 0 Å². The van der Waals surface area contributed by atoms with Crippen LogP contribution in [0.15, 0.2) is 30.3 Å². The van der Waals surface area contributed by atoms with Crippen LogP contribution in [0.3, 0.4) is 0 Å². The molecule has 1 aliphatic rings. The summed E-state index contributed by atoms with van der Waals surface area (Å²) in [7, 11) is 0. The van der Waals surface area contributed by atoms with Gasteiger partial charge in [-0.3, -0.25) is 9.69 Å². The minimum Gasteiger partial charge on any atom is -0.373 e. The molecule has 4 heteroatoms. The molecule has 1 N–H and O–H groups in total. The van der Waals surface area contributed by atoms with Gasteiger partial charge in [0, 0.05) is 13.1 Å². The fourth-order valence-corrected chi connectivity index (χ4v) is 2.73. The molecule has 3 atom stereocenters. The Balaban J connectivity index is 1.83. The Morgan fingerprint density at radius 1 is 1.30 bits per heavy atom. The van der Waals surface area contributed by atoms with Crippen LogP contribution >= 0.6 is 0 Å². The van der Waals surface area contributed by atoms with E-state index in [1.807, 2.05) is 51.1 Å². The number of hydrogen-bond donors (Lipinski definition) is 1. The van der Waals surface area contributed by atoms with Crippen LogP contribution in [0.1, 0.15) is 32.4 Å². The van der Waals surface area contributed by atoms with Gasteiger partial charge in [-0.05, 0) is 26.3 Å². The fraction of sp³-hybridized carbons (Fsp3) is 0.562. The lowest BCUT2D eigenvalue weighted by Crippen LogP contribution is -2.49. The van der Waals surface area contributed by atoms with Gasteiger partial charge in [-0.1, -0.05) is 30.3 Å². The molecule has 1 aromatic rings. The molecule has 0 spiro atoms. The van der Waals surface area contributed by atoms with Crippen LogP contribution in [0.5, 0.6) is 0 Å². The quantitative estimate of drug-likeness (QED) is 0.914. The highest BCUT2D eigenvalue weighted by atomic mass is 16.5. The van der Waals surface area contributed by atoms with E-state index in [0.29, 0.717) is 6.54 Å². The molecule has 0 unspecified atom stereocenters. The summed E-state index contributed by atoms with van der Waals surface area (Å²) in [4.78, 5) is 14.3. The Morgan fingerprint density at radius 2 is 1.90 bits per heavy atom. The van der Waals surface area contributed by atoms with E-state index in [-0.39, 0.29) is 24.2 Å². The number of nitrogens with zero attached hydrogens (tertiary/aromatic N) is 1. The highest BCUT2D eigenvalue weighted by molar-refractivity contribution is 5.78. The van der Waals surface area contributed by atoms with Crippen LogP contribution in [-0.2, 0) is 9.53 Å². The largest absolute Gasteiger partial charge is 0.373 e. The van der Waals surface area contributed by atoms with Crippen LogP contribution < -0.4 is 5.32 Å². The lowest BCUT2D eigenvalue weighted by Gasteiger charge is -2.35. The first-order valence-corrected chi connectivity index (χ1v) is 7.26. The third-order valence-corrected chi connectivity index (χ3v) is 3.54. The summed E-state index contributed by atoms with van der Waals surface area (Å²) in [5.41, 5.74) is 1.13. The molecule has 2 rings (SSSR count). The van der Waals surface area contributed by atoms with Gasteiger partial charge in [0.1, 0.15) is 0 Å². The molecule has 1 amide bonds. The molecule has 0 aliphatic carbocycles. The Kier molecular flexibility index (Phi) is 5.15. The summed E-state index contributed by atoms with van der Waals surface area (Å²) in [6.45, 7) is 8.18. The van der Waals surface area contributed by atoms with Gasteiger partial charge in [-0.25, -0.2) is 0 Å². The van der Waals surface area contributed by atoms with Crippen LogP contribution in [0.4, 0.5) is 0 Å². The predicted octanol–water partition coefficient (Wildman–Crippen LogP) is 1.97. The average Bonchev–Trinajstić information content (AvgIpc) is 2.38. The molecule has 0 saturated carbocycles.